The number of aryl methyl sites for hydroxylation is 1. The van der Waals surface area contributed by atoms with Crippen LogP contribution in [0.1, 0.15) is 23.9 Å². The van der Waals surface area contributed by atoms with E-state index in [0.29, 0.717) is 16.7 Å². The number of benzene rings is 2. The molecule has 1 fully saturated rings. The number of thioether (sulfide) groups is 1. The highest BCUT2D eigenvalue weighted by Crippen LogP contribution is 2.31. The van der Waals surface area contributed by atoms with Crippen LogP contribution in [0.25, 0.3) is 11.8 Å². The van der Waals surface area contributed by atoms with Crippen molar-refractivity contribution in [2.45, 2.75) is 20.8 Å². The molecule has 1 aliphatic rings. The minimum atomic E-state index is -0.131. The lowest BCUT2D eigenvalue weighted by Crippen LogP contribution is -2.19. The lowest BCUT2D eigenvalue weighted by Gasteiger charge is -2.10. The molecular weight excluding hydrogens is 521 g/mol. The number of carbonyl (C=O) groups is 1. The molecule has 5 nitrogen and oxygen atoms in total. The molecule has 31 heavy (non-hydrogen) atoms. The first-order valence-electron chi connectivity index (χ1n) is 9.92. The largest absolute Gasteiger partial charge is 0.494 e. The van der Waals surface area contributed by atoms with E-state index in [2.05, 4.69) is 81.6 Å². The number of amidine groups is 1. The zero-order chi connectivity index (χ0) is 22.0. The van der Waals surface area contributed by atoms with E-state index in [1.54, 1.807) is 0 Å². The Morgan fingerprint density at radius 3 is 2.65 bits per heavy atom. The number of aliphatic imine (C=N–C) groups is 1. The molecule has 0 atom stereocenters. The molecule has 4 rings (SSSR count). The van der Waals surface area contributed by atoms with Crippen LogP contribution in [0.3, 0.4) is 0 Å². The van der Waals surface area contributed by atoms with Gasteiger partial charge in [0.1, 0.15) is 5.75 Å². The monoisotopic (exact) mass is 543 g/mol. The molecule has 1 aliphatic heterocycles. The van der Waals surface area contributed by atoms with E-state index in [1.807, 2.05) is 37.3 Å². The maximum Gasteiger partial charge on any atom is 0.264 e. The van der Waals surface area contributed by atoms with Crippen LogP contribution in [0, 0.1) is 17.4 Å². The van der Waals surface area contributed by atoms with Crippen LogP contribution in [0.5, 0.6) is 5.75 Å². The zero-order valence-electron chi connectivity index (χ0n) is 17.5. The molecule has 2 heterocycles. The number of hydrogen-bond acceptors (Lipinski definition) is 4. The first kappa shape index (κ1) is 21.7. The van der Waals surface area contributed by atoms with E-state index < -0.39 is 0 Å². The van der Waals surface area contributed by atoms with E-state index >= 15 is 0 Å². The van der Waals surface area contributed by atoms with Gasteiger partial charge in [-0.25, -0.2) is 4.99 Å². The Bertz CT molecular complexity index is 1200. The van der Waals surface area contributed by atoms with Crippen molar-refractivity contribution in [3.05, 3.63) is 80.0 Å². The second kappa shape index (κ2) is 9.32. The standard InChI is InChI=1S/C24H22IN3O2S/c1-4-30-21-10-8-19(9-11-21)26-24-27-23(29)22(31-24)13-17-12-15(2)28(16(17)3)20-7-5-6-18(25)14-20/h5-14H,4H2,1-3H3,(H,26,27,29)/b22-13+. The third-order valence-electron chi connectivity index (χ3n) is 4.85. The van der Waals surface area contributed by atoms with E-state index in [0.717, 1.165) is 34.1 Å². The van der Waals surface area contributed by atoms with E-state index in [4.69, 9.17) is 4.74 Å². The average molecular weight is 543 g/mol. The molecule has 0 saturated carbocycles. The molecule has 1 N–H and O–H groups in total. The summed E-state index contributed by atoms with van der Waals surface area (Å²) < 4.78 is 8.85. The van der Waals surface area contributed by atoms with Gasteiger partial charge in [-0.2, -0.15) is 0 Å². The molecule has 1 saturated heterocycles. The van der Waals surface area contributed by atoms with Crippen LogP contribution in [0.2, 0.25) is 0 Å². The number of carbonyl (C=O) groups excluding carboxylic acids is 1. The van der Waals surface area contributed by atoms with Gasteiger partial charge in [-0.1, -0.05) is 6.07 Å². The summed E-state index contributed by atoms with van der Waals surface area (Å²) in [5.74, 6) is 0.673. The predicted octanol–water partition coefficient (Wildman–Crippen LogP) is 5.99. The number of halogens is 1. The number of rotatable bonds is 5. The lowest BCUT2D eigenvalue weighted by atomic mass is 10.2. The number of hydrogen-bond donors (Lipinski definition) is 1. The molecule has 3 aromatic rings. The molecule has 0 spiro atoms. The molecule has 158 valence electrons. The number of nitrogens with one attached hydrogen (secondary N) is 1. The number of nitrogens with zero attached hydrogens (tertiary/aromatic N) is 2. The highest BCUT2D eigenvalue weighted by molar-refractivity contribution is 14.1. The highest BCUT2D eigenvalue weighted by atomic mass is 127. The lowest BCUT2D eigenvalue weighted by molar-refractivity contribution is -0.115. The Labute approximate surface area is 199 Å². The normalized spacial score (nSPS) is 16.2. The van der Waals surface area contributed by atoms with Gasteiger partial charge in [0.15, 0.2) is 5.17 Å². The van der Waals surface area contributed by atoms with Gasteiger partial charge < -0.3 is 14.6 Å². The molecule has 2 aromatic carbocycles. The second-order valence-electron chi connectivity index (χ2n) is 7.05. The second-order valence-corrected chi connectivity index (χ2v) is 9.33. The number of aromatic nitrogens is 1. The van der Waals surface area contributed by atoms with Crippen molar-refractivity contribution in [1.82, 2.24) is 9.88 Å². The first-order chi connectivity index (χ1) is 14.9. The first-order valence-corrected chi connectivity index (χ1v) is 11.8. The molecular formula is C24H22IN3O2S. The van der Waals surface area contributed by atoms with Crippen molar-refractivity contribution in [2.24, 2.45) is 4.99 Å². The summed E-state index contributed by atoms with van der Waals surface area (Å²) in [5.41, 5.74) is 5.13. The molecule has 0 unspecified atom stereocenters. The summed E-state index contributed by atoms with van der Waals surface area (Å²) in [6.07, 6.45) is 1.94. The average Bonchev–Trinajstić information content (AvgIpc) is 3.22. The summed E-state index contributed by atoms with van der Waals surface area (Å²) in [6.45, 7) is 6.73. The fourth-order valence-electron chi connectivity index (χ4n) is 3.47. The van der Waals surface area contributed by atoms with Crippen LogP contribution in [-0.2, 0) is 4.79 Å². The topological polar surface area (TPSA) is 55.6 Å². The molecule has 0 aliphatic carbocycles. The van der Waals surface area contributed by atoms with Gasteiger partial charge >= 0.3 is 0 Å². The molecule has 7 heteroatoms. The van der Waals surface area contributed by atoms with Crippen molar-refractivity contribution in [3.8, 4) is 11.4 Å². The third kappa shape index (κ3) is 4.88. The van der Waals surface area contributed by atoms with E-state index in [1.165, 1.54) is 15.3 Å². The summed E-state index contributed by atoms with van der Waals surface area (Å²) in [7, 11) is 0. The van der Waals surface area contributed by atoms with Crippen LogP contribution in [0.4, 0.5) is 5.69 Å². The van der Waals surface area contributed by atoms with Gasteiger partial charge in [-0.15, -0.1) is 0 Å². The summed E-state index contributed by atoms with van der Waals surface area (Å²) in [6, 6.07) is 18.0. The predicted molar refractivity (Wildman–Crippen MR) is 136 cm³/mol. The maximum atomic E-state index is 12.5. The Kier molecular flexibility index (Phi) is 6.52. The van der Waals surface area contributed by atoms with E-state index in [-0.39, 0.29) is 5.91 Å². The van der Waals surface area contributed by atoms with Crippen LogP contribution >= 0.6 is 34.4 Å². The highest BCUT2D eigenvalue weighted by Gasteiger charge is 2.24. The number of amides is 1. The molecule has 0 radical (unpaired) electrons. The summed E-state index contributed by atoms with van der Waals surface area (Å²) >= 11 is 3.67. The molecule has 0 bridgehead atoms. The van der Waals surface area contributed by atoms with Gasteiger partial charge in [0.2, 0.25) is 0 Å². The van der Waals surface area contributed by atoms with Gasteiger partial charge in [-0.05, 0) is 115 Å². The van der Waals surface area contributed by atoms with Gasteiger partial charge in [0.05, 0.1) is 17.2 Å². The van der Waals surface area contributed by atoms with E-state index in [9.17, 15) is 4.79 Å². The van der Waals surface area contributed by atoms with Crippen molar-refractivity contribution in [2.75, 3.05) is 6.61 Å². The van der Waals surface area contributed by atoms with Crippen molar-refractivity contribution >= 4 is 57.2 Å². The van der Waals surface area contributed by atoms with Gasteiger partial charge in [0, 0.05) is 20.6 Å². The molecule has 1 amide bonds. The minimum absolute atomic E-state index is 0.131. The quantitative estimate of drug-likeness (QED) is 0.318. The van der Waals surface area contributed by atoms with Crippen LogP contribution in [0.15, 0.2) is 64.5 Å². The smallest absolute Gasteiger partial charge is 0.264 e. The Morgan fingerprint density at radius 1 is 1.16 bits per heavy atom. The molecule has 1 aromatic heterocycles. The Morgan fingerprint density at radius 2 is 1.94 bits per heavy atom. The fourth-order valence-corrected chi connectivity index (χ4v) is 4.83. The van der Waals surface area contributed by atoms with Crippen molar-refractivity contribution in [1.29, 1.82) is 0 Å². The third-order valence-corrected chi connectivity index (χ3v) is 6.43. The van der Waals surface area contributed by atoms with Gasteiger partial charge in [0.25, 0.3) is 5.91 Å². The van der Waals surface area contributed by atoms with Crippen LogP contribution < -0.4 is 10.1 Å². The zero-order valence-corrected chi connectivity index (χ0v) is 20.5. The fraction of sp³-hybridized carbons (Fsp3) is 0.167. The minimum Gasteiger partial charge on any atom is -0.494 e. The Balaban J connectivity index is 1.58. The SMILES string of the molecule is CCOc1ccc(N=C2NC(=O)/C(=C\c3cc(C)n(-c4cccc(I)c4)c3C)S2)cc1. The summed E-state index contributed by atoms with van der Waals surface area (Å²) in [4.78, 5) is 17.7. The maximum absolute atomic E-state index is 12.5. The summed E-state index contributed by atoms with van der Waals surface area (Å²) in [5, 5.41) is 3.43. The van der Waals surface area contributed by atoms with Gasteiger partial charge in [-0.3, -0.25) is 4.79 Å². The number of ether oxygens (including phenoxy) is 1. The van der Waals surface area contributed by atoms with Crippen molar-refractivity contribution < 1.29 is 9.53 Å². The van der Waals surface area contributed by atoms with Crippen LogP contribution in [-0.4, -0.2) is 22.2 Å². The Hall–Kier alpha value is -2.52. The van der Waals surface area contributed by atoms with Crippen molar-refractivity contribution in [3.63, 3.8) is 0 Å².